The largest absolute Gasteiger partial charge is 0.439 e. The molecule has 2 aromatic rings. The van der Waals surface area contributed by atoms with Gasteiger partial charge in [0.15, 0.2) is 0 Å². The van der Waals surface area contributed by atoms with E-state index in [9.17, 15) is 0 Å². The van der Waals surface area contributed by atoms with Crippen molar-refractivity contribution in [2.75, 3.05) is 31.1 Å². The third kappa shape index (κ3) is 4.20. The van der Waals surface area contributed by atoms with E-state index in [2.05, 4.69) is 33.6 Å². The Labute approximate surface area is 137 Å². The summed E-state index contributed by atoms with van der Waals surface area (Å²) >= 11 is 0. The van der Waals surface area contributed by atoms with Crippen LogP contribution in [0.4, 0.5) is 5.95 Å². The third-order valence-corrected chi connectivity index (χ3v) is 4.13. The first kappa shape index (κ1) is 15.7. The van der Waals surface area contributed by atoms with E-state index >= 15 is 0 Å². The maximum Gasteiger partial charge on any atom is 0.228 e. The highest BCUT2D eigenvalue weighted by Gasteiger charge is 2.18. The number of rotatable bonds is 4. The van der Waals surface area contributed by atoms with Crippen LogP contribution in [0, 0.1) is 0 Å². The van der Waals surface area contributed by atoms with Crippen LogP contribution in [0.2, 0.25) is 0 Å². The summed E-state index contributed by atoms with van der Waals surface area (Å²) in [6.07, 6.45) is 2.90. The quantitative estimate of drug-likeness (QED) is 0.867. The van der Waals surface area contributed by atoms with E-state index in [0.717, 1.165) is 44.3 Å². The monoisotopic (exact) mass is 312 g/mol. The molecule has 0 unspecified atom stereocenters. The molecule has 2 heterocycles. The van der Waals surface area contributed by atoms with Gasteiger partial charge in [0.1, 0.15) is 5.75 Å². The van der Waals surface area contributed by atoms with Crippen molar-refractivity contribution in [1.82, 2.24) is 14.9 Å². The van der Waals surface area contributed by atoms with Crippen molar-refractivity contribution < 1.29 is 4.74 Å². The average Bonchev–Trinajstić information content (AvgIpc) is 2.82. The molecule has 5 heteroatoms. The zero-order chi connectivity index (χ0) is 16.1. The molecule has 0 bridgehead atoms. The van der Waals surface area contributed by atoms with Crippen molar-refractivity contribution in [3.63, 3.8) is 0 Å². The molecule has 0 saturated carbocycles. The van der Waals surface area contributed by atoms with Crippen LogP contribution in [0.1, 0.15) is 20.3 Å². The van der Waals surface area contributed by atoms with Gasteiger partial charge < -0.3 is 9.64 Å². The van der Waals surface area contributed by atoms with Crippen LogP contribution in [0.3, 0.4) is 0 Å². The van der Waals surface area contributed by atoms with E-state index in [4.69, 9.17) is 4.74 Å². The Hall–Kier alpha value is -2.14. The van der Waals surface area contributed by atoms with Gasteiger partial charge in [-0.3, -0.25) is 4.90 Å². The number of hydrogen-bond acceptors (Lipinski definition) is 5. The van der Waals surface area contributed by atoms with E-state index in [-0.39, 0.29) is 0 Å². The number of anilines is 1. The molecule has 0 spiro atoms. The molecule has 23 heavy (non-hydrogen) atoms. The summed E-state index contributed by atoms with van der Waals surface area (Å²) in [5, 5.41) is 0. The lowest BCUT2D eigenvalue weighted by Gasteiger charge is -2.24. The zero-order valence-corrected chi connectivity index (χ0v) is 13.9. The van der Waals surface area contributed by atoms with Crippen molar-refractivity contribution in [1.29, 1.82) is 0 Å². The highest BCUT2D eigenvalue weighted by Crippen LogP contribution is 2.21. The van der Waals surface area contributed by atoms with Gasteiger partial charge in [-0.05, 0) is 32.4 Å². The maximum absolute atomic E-state index is 5.81. The minimum absolute atomic E-state index is 0.587. The molecule has 1 aliphatic rings. The van der Waals surface area contributed by atoms with Gasteiger partial charge in [-0.15, -0.1) is 0 Å². The molecule has 0 aliphatic carbocycles. The maximum atomic E-state index is 5.81. The molecule has 1 saturated heterocycles. The summed E-state index contributed by atoms with van der Waals surface area (Å²) in [6, 6.07) is 12.1. The number of aromatic nitrogens is 2. The topological polar surface area (TPSA) is 41.5 Å². The van der Waals surface area contributed by atoms with Gasteiger partial charge in [0.25, 0.3) is 0 Å². The number of nitrogens with zero attached hydrogens (tertiary/aromatic N) is 4. The minimum atomic E-state index is 0.587. The fourth-order valence-electron chi connectivity index (χ4n) is 2.80. The first-order valence-corrected chi connectivity index (χ1v) is 8.27. The van der Waals surface area contributed by atoms with E-state index in [1.807, 2.05) is 30.3 Å². The van der Waals surface area contributed by atoms with Crippen LogP contribution in [0.15, 0.2) is 42.6 Å². The van der Waals surface area contributed by atoms with E-state index in [1.54, 1.807) is 12.3 Å². The van der Waals surface area contributed by atoms with E-state index < -0.39 is 0 Å². The van der Waals surface area contributed by atoms with Crippen molar-refractivity contribution in [3.05, 3.63) is 42.6 Å². The van der Waals surface area contributed by atoms with Crippen molar-refractivity contribution in [2.24, 2.45) is 0 Å². The predicted molar refractivity (Wildman–Crippen MR) is 92.1 cm³/mol. The van der Waals surface area contributed by atoms with Gasteiger partial charge >= 0.3 is 0 Å². The van der Waals surface area contributed by atoms with Gasteiger partial charge in [0, 0.05) is 44.5 Å². The molecule has 5 nitrogen and oxygen atoms in total. The van der Waals surface area contributed by atoms with Crippen molar-refractivity contribution >= 4 is 5.95 Å². The normalized spacial score (nSPS) is 16.4. The Bertz CT molecular complexity index is 617. The lowest BCUT2D eigenvalue weighted by molar-refractivity contribution is 0.238. The van der Waals surface area contributed by atoms with Crippen molar-refractivity contribution in [3.8, 4) is 11.6 Å². The fraction of sp³-hybridized carbons (Fsp3) is 0.444. The Morgan fingerprint density at radius 3 is 2.61 bits per heavy atom. The molecule has 1 aromatic carbocycles. The van der Waals surface area contributed by atoms with Crippen molar-refractivity contribution in [2.45, 2.75) is 26.3 Å². The summed E-state index contributed by atoms with van der Waals surface area (Å²) < 4.78 is 5.81. The summed E-state index contributed by atoms with van der Waals surface area (Å²) in [5.74, 6) is 2.13. The lowest BCUT2D eigenvalue weighted by atomic mass is 10.3. The molecule has 1 fully saturated rings. The second-order valence-corrected chi connectivity index (χ2v) is 6.08. The van der Waals surface area contributed by atoms with E-state index in [0.29, 0.717) is 11.9 Å². The SMILES string of the molecule is CC(C)N1CCCN(c2nccc(Oc3ccccc3)n2)CC1. The Morgan fingerprint density at radius 2 is 1.83 bits per heavy atom. The Balaban J connectivity index is 1.69. The first-order chi connectivity index (χ1) is 11.2. The van der Waals surface area contributed by atoms with Crippen LogP contribution in [-0.4, -0.2) is 47.1 Å². The van der Waals surface area contributed by atoms with Gasteiger partial charge in [0.05, 0.1) is 0 Å². The summed E-state index contributed by atoms with van der Waals surface area (Å²) in [7, 11) is 0. The number of ether oxygens (including phenoxy) is 1. The fourth-order valence-corrected chi connectivity index (χ4v) is 2.80. The average molecular weight is 312 g/mol. The predicted octanol–water partition coefficient (Wildman–Crippen LogP) is 3.19. The summed E-state index contributed by atoms with van der Waals surface area (Å²) in [6.45, 7) is 8.62. The minimum Gasteiger partial charge on any atom is -0.439 e. The molecule has 1 aliphatic heterocycles. The Morgan fingerprint density at radius 1 is 1.00 bits per heavy atom. The molecular weight excluding hydrogens is 288 g/mol. The van der Waals surface area contributed by atoms with Gasteiger partial charge in [-0.1, -0.05) is 18.2 Å². The van der Waals surface area contributed by atoms with Crippen LogP contribution < -0.4 is 9.64 Å². The standard InChI is InChI=1S/C18H24N4O/c1-15(2)21-11-6-12-22(14-13-21)18-19-10-9-17(20-18)23-16-7-4-3-5-8-16/h3-5,7-10,15H,6,11-14H2,1-2H3. The summed E-state index contributed by atoms with van der Waals surface area (Å²) in [5.41, 5.74) is 0. The molecule has 0 N–H and O–H groups in total. The summed E-state index contributed by atoms with van der Waals surface area (Å²) in [4.78, 5) is 13.8. The number of hydrogen-bond donors (Lipinski definition) is 0. The molecule has 122 valence electrons. The smallest absolute Gasteiger partial charge is 0.228 e. The van der Waals surface area contributed by atoms with Crippen LogP contribution in [0.25, 0.3) is 0 Å². The molecule has 0 amide bonds. The third-order valence-electron chi connectivity index (χ3n) is 4.13. The van der Waals surface area contributed by atoms with E-state index in [1.165, 1.54) is 0 Å². The molecule has 1 aromatic heterocycles. The second kappa shape index (κ2) is 7.42. The molecular formula is C18H24N4O. The van der Waals surface area contributed by atoms with Crippen LogP contribution in [0.5, 0.6) is 11.6 Å². The van der Waals surface area contributed by atoms with Gasteiger partial charge in [-0.2, -0.15) is 4.98 Å². The lowest BCUT2D eigenvalue weighted by Crippen LogP contribution is -2.35. The molecule has 3 rings (SSSR count). The number of para-hydroxylation sites is 1. The van der Waals surface area contributed by atoms with Gasteiger partial charge in [0.2, 0.25) is 11.8 Å². The molecule has 0 radical (unpaired) electrons. The zero-order valence-electron chi connectivity index (χ0n) is 13.9. The number of benzene rings is 1. The highest BCUT2D eigenvalue weighted by molar-refractivity contribution is 5.34. The first-order valence-electron chi connectivity index (χ1n) is 8.27. The second-order valence-electron chi connectivity index (χ2n) is 6.08. The molecule has 0 atom stereocenters. The van der Waals surface area contributed by atoms with Crippen LogP contribution >= 0.6 is 0 Å². The highest BCUT2D eigenvalue weighted by atomic mass is 16.5. The van der Waals surface area contributed by atoms with Crippen LogP contribution in [-0.2, 0) is 0 Å². The van der Waals surface area contributed by atoms with Gasteiger partial charge in [-0.25, -0.2) is 4.98 Å². The Kier molecular flexibility index (Phi) is 5.08.